The summed E-state index contributed by atoms with van der Waals surface area (Å²) >= 11 is 3.29. The largest absolute Gasteiger partial charge is 0.398 e. The fourth-order valence-electron chi connectivity index (χ4n) is 1.42. The first kappa shape index (κ1) is 14.0. The summed E-state index contributed by atoms with van der Waals surface area (Å²) in [6.45, 7) is 2.21. The summed E-state index contributed by atoms with van der Waals surface area (Å²) in [4.78, 5) is 13.6. The van der Waals surface area contributed by atoms with Crippen LogP contribution < -0.4 is 5.73 Å². The standard InChI is InChI=1S/C12H17BrN2O2/c1-8(16)5-6-15(2)12(17)10-4-3-9(13)7-11(10)14/h3-4,7-8,16H,5-6,14H2,1-2H3. The maximum Gasteiger partial charge on any atom is 0.255 e. The van der Waals surface area contributed by atoms with Crippen molar-refractivity contribution in [1.82, 2.24) is 4.90 Å². The first-order valence-corrected chi connectivity index (χ1v) is 6.19. The topological polar surface area (TPSA) is 66.6 Å². The highest BCUT2D eigenvalue weighted by molar-refractivity contribution is 9.10. The Morgan fingerprint density at radius 1 is 1.59 bits per heavy atom. The third-order valence-corrected chi connectivity index (χ3v) is 2.97. The summed E-state index contributed by atoms with van der Waals surface area (Å²) in [5.74, 6) is -0.129. The van der Waals surface area contributed by atoms with Crippen molar-refractivity contribution in [3.63, 3.8) is 0 Å². The van der Waals surface area contributed by atoms with Gasteiger partial charge in [-0.15, -0.1) is 0 Å². The summed E-state index contributed by atoms with van der Waals surface area (Å²) in [6.07, 6.45) is 0.145. The number of rotatable bonds is 4. The molecule has 0 saturated heterocycles. The van der Waals surface area contributed by atoms with E-state index in [1.54, 1.807) is 37.1 Å². The van der Waals surface area contributed by atoms with Crippen molar-refractivity contribution in [2.24, 2.45) is 0 Å². The maximum atomic E-state index is 12.0. The lowest BCUT2D eigenvalue weighted by atomic mass is 10.1. The Bertz CT molecular complexity index is 407. The number of aliphatic hydroxyl groups is 1. The number of anilines is 1. The Morgan fingerprint density at radius 2 is 2.24 bits per heavy atom. The van der Waals surface area contributed by atoms with E-state index in [1.165, 1.54) is 0 Å². The zero-order valence-corrected chi connectivity index (χ0v) is 11.6. The number of carbonyl (C=O) groups excluding carboxylic acids is 1. The zero-order chi connectivity index (χ0) is 13.0. The molecule has 0 fully saturated rings. The molecular weight excluding hydrogens is 284 g/mol. The highest BCUT2D eigenvalue weighted by atomic mass is 79.9. The summed E-state index contributed by atoms with van der Waals surface area (Å²) < 4.78 is 0.846. The molecular formula is C12H17BrN2O2. The second kappa shape index (κ2) is 6.02. The third-order valence-electron chi connectivity index (χ3n) is 2.47. The number of benzene rings is 1. The van der Waals surface area contributed by atoms with Crippen molar-refractivity contribution < 1.29 is 9.90 Å². The van der Waals surface area contributed by atoms with Gasteiger partial charge >= 0.3 is 0 Å². The second-order valence-corrected chi connectivity index (χ2v) is 5.01. The molecule has 1 aromatic rings. The van der Waals surface area contributed by atoms with E-state index in [0.29, 0.717) is 24.2 Å². The van der Waals surface area contributed by atoms with E-state index in [0.717, 1.165) is 4.47 Å². The van der Waals surface area contributed by atoms with Crippen LogP contribution in [0.25, 0.3) is 0 Å². The van der Waals surface area contributed by atoms with E-state index in [2.05, 4.69) is 15.9 Å². The van der Waals surface area contributed by atoms with Crippen molar-refractivity contribution in [3.05, 3.63) is 28.2 Å². The molecule has 0 spiro atoms. The van der Waals surface area contributed by atoms with E-state index in [4.69, 9.17) is 5.73 Å². The molecule has 0 saturated carbocycles. The molecule has 0 aromatic heterocycles. The summed E-state index contributed by atoms with van der Waals surface area (Å²) in [7, 11) is 1.70. The van der Waals surface area contributed by atoms with Crippen LogP contribution in [-0.2, 0) is 0 Å². The van der Waals surface area contributed by atoms with Gasteiger partial charge in [-0.3, -0.25) is 4.79 Å². The van der Waals surface area contributed by atoms with Crippen LogP contribution in [0.5, 0.6) is 0 Å². The molecule has 1 amide bonds. The molecule has 1 aromatic carbocycles. The van der Waals surface area contributed by atoms with Crippen molar-refractivity contribution in [3.8, 4) is 0 Å². The van der Waals surface area contributed by atoms with Crippen LogP contribution in [-0.4, -0.2) is 35.6 Å². The number of nitrogen functional groups attached to an aromatic ring is 1. The number of nitrogens with two attached hydrogens (primary N) is 1. The van der Waals surface area contributed by atoms with E-state index in [9.17, 15) is 9.90 Å². The molecule has 0 aliphatic rings. The van der Waals surface area contributed by atoms with Gasteiger partial charge in [0.15, 0.2) is 0 Å². The number of hydrogen-bond donors (Lipinski definition) is 2. The molecule has 17 heavy (non-hydrogen) atoms. The lowest BCUT2D eigenvalue weighted by Gasteiger charge is -2.19. The van der Waals surface area contributed by atoms with Gasteiger partial charge in [0, 0.05) is 23.8 Å². The Balaban J connectivity index is 2.75. The fourth-order valence-corrected chi connectivity index (χ4v) is 1.79. The Kier molecular flexibility index (Phi) is 4.96. The van der Waals surface area contributed by atoms with Gasteiger partial charge in [-0.1, -0.05) is 15.9 Å². The molecule has 0 radical (unpaired) electrons. The van der Waals surface area contributed by atoms with Crippen LogP contribution >= 0.6 is 15.9 Å². The number of carbonyl (C=O) groups is 1. The van der Waals surface area contributed by atoms with Gasteiger partial charge in [0.25, 0.3) is 5.91 Å². The molecule has 4 nitrogen and oxygen atoms in total. The number of nitrogens with zero attached hydrogens (tertiary/aromatic N) is 1. The van der Waals surface area contributed by atoms with Gasteiger partial charge in [0.2, 0.25) is 0 Å². The molecule has 1 rings (SSSR count). The normalized spacial score (nSPS) is 12.2. The number of hydrogen-bond acceptors (Lipinski definition) is 3. The number of halogens is 1. The fraction of sp³-hybridized carbons (Fsp3) is 0.417. The lowest BCUT2D eigenvalue weighted by molar-refractivity contribution is 0.0770. The predicted molar refractivity (Wildman–Crippen MR) is 71.8 cm³/mol. The smallest absolute Gasteiger partial charge is 0.255 e. The Hall–Kier alpha value is -1.07. The highest BCUT2D eigenvalue weighted by Crippen LogP contribution is 2.19. The highest BCUT2D eigenvalue weighted by Gasteiger charge is 2.14. The molecule has 1 atom stereocenters. The minimum atomic E-state index is -0.410. The quantitative estimate of drug-likeness (QED) is 0.834. The van der Waals surface area contributed by atoms with E-state index >= 15 is 0 Å². The minimum Gasteiger partial charge on any atom is -0.398 e. The van der Waals surface area contributed by atoms with E-state index in [-0.39, 0.29) is 5.91 Å². The summed E-state index contributed by atoms with van der Waals surface area (Å²) in [5.41, 5.74) is 6.73. The maximum absolute atomic E-state index is 12.0. The third kappa shape index (κ3) is 4.02. The molecule has 5 heteroatoms. The van der Waals surface area contributed by atoms with Crippen molar-refractivity contribution in [1.29, 1.82) is 0 Å². The SMILES string of the molecule is CC(O)CCN(C)C(=O)c1ccc(Br)cc1N. The van der Waals surface area contributed by atoms with Crippen LogP contribution in [0.2, 0.25) is 0 Å². The van der Waals surface area contributed by atoms with E-state index < -0.39 is 6.10 Å². The van der Waals surface area contributed by atoms with Crippen LogP contribution in [0, 0.1) is 0 Å². The first-order valence-electron chi connectivity index (χ1n) is 5.40. The lowest BCUT2D eigenvalue weighted by Crippen LogP contribution is -2.30. The van der Waals surface area contributed by atoms with Gasteiger partial charge in [-0.05, 0) is 31.5 Å². The van der Waals surface area contributed by atoms with Gasteiger partial charge in [-0.2, -0.15) is 0 Å². The summed E-state index contributed by atoms with van der Waals surface area (Å²) in [5, 5.41) is 9.18. The molecule has 3 N–H and O–H groups in total. The van der Waals surface area contributed by atoms with Crippen LogP contribution in [0.1, 0.15) is 23.7 Å². The van der Waals surface area contributed by atoms with Gasteiger partial charge < -0.3 is 15.7 Å². The van der Waals surface area contributed by atoms with Crippen LogP contribution in [0.3, 0.4) is 0 Å². The molecule has 0 aliphatic heterocycles. The zero-order valence-electron chi connectivity index (χ0n) is 9.98. The van der Waals surface area contributed by atoms with Gasteiger partial charge in [-0.25, -0.2) is 0 Å². The van der Waals surface area contributed by atoms with Crippen LogP contribution in [0.4, 0.5) is 5.69 Å². The molecule has 1 unspecified atom stereocenters. The predicted octanol–water partition coefficient (Wildman–Crippen LogP) is 1.87. The van der Waals surface area contributed by atoms with Gasteiger partial charge in [0.1, 0.15) is 0 Å². The van der Waals surface area contributed by atoms with Crippen molar-refractivity contribution >= 4 is 27.5 Å². The van der Waals surface area contributed by atoms with Crippen LogP contribution in [0.15, 0.2) is 22.7 Å². The van der Waals surface area contributed by atoms with Gasteiger partial charge in [0.05, 0.1) is 11.7 Å². The second-order valence-electron chi connectivity index (χ2n) is 4.10. The Labute approximate surface area is 110 Å². The Morgan fingerprint density at radius 3 is 2.76 bits per heavy atom. The molecule has 0 heterocycles. The first-order chi connectivity index (χ1) is 7.91. The number of amides is 1. The molecule has 0 bridgehead atoms. The average Bonchev–Trinajstić information content (AvgIpc) is 2.25. The summed E-state index contributed by atoms with van der Waals surface area (Å²) in [6, 6.07) is 5.18. The average molecular weight is 301 g/mol. The van der Waals surface area contributed by atoms with Crippen molar-refractivity contribution in [2.45, 2.75) is 19.4 Å². The molecule has 0 aliphatic carbocycles. The molecule has 94 valence electrons. The van der Waals surface area contributed by atoms with E-state index in [1.807, 2.05) is 0 Å². The van der Waals surface area contributed by atoms with Crippen molar-refractivity contribution in [2.75, 3.05) is 19.3 Å². The monoisotopic (exact) mass is 300 g/mol. The minimum absolute atomic E-state index is 0.129. The number of aliphatic hydroxyl groups excluding tert-OH is 1.